The highest BCUT2D eigenvalue weighted by molar-refractivity contribution is 8.03. The van der Waals surface area contributed by atoms with E-state index in [-0.39, 0.29) is 19.5 Å². The van der Waals surface area contributed by atoms with Crippen molar-refractivity contribution < 1.29 is 36.2 Å². The zero-order valence-electron chi connectivity index (χ0n) is 21.0. The summed E-state index contributed by atoms with van der Waals surface area (Å²) in [6.45, 7) is 1.86. The number of hydrogen-bond donors (Lipinski definition) is 1. The standard InChI is InChI=1S/C28H25FN2O6S2/c1-2-18(15-26-31(17-27(32)33)22-16-20(29)9-11-24(22)38-26)14-25-30(12-5-13-39(34,35)36)28-21-7-4-3-6-19(21)8-10-23(28)37-25/h3-4,6-11,14-16H,2,5,12-13,17H2,1H3,(H-,32,33,34,35,36). The molecule has 39 heavy (non-hydrogen) atoms. The number of oxazole rings is 1. The predicted molar refractivity (Wildman–Crippen MR) is 147 cm³/mol. The first-order valence-electron chi connectivity index (χ1n) is 12.3. The molecular weight excluding hydrogens is 543 g/mol. The maximum atomic E-state index is 14.0. The van der Waals surface area contributed by atoms with Gasteiger partial charge in [-0.3, -0.25) is 4.79 Å². The molecule has 2 heterocycles. The lowest BCUT2D eigenvalue weighted by molar-refractivity contribution is -0.677. The third-order valence-corrected chi connectivity index (χ3v) is 8.30. The molecule has 4 aromatic rings. The van der Waals surface area contributed by atoms with Crippen LogP contribution in [0.25, 0.3) is 27.9 Å². The van der Waals surface area contributed by atoms with Gasteiger partial charge in [-0.1, -0.05) is 43.0 Å². The van der Waals surface area contributed by atoms with Crippen molar-refractivity contribution in [3.8, 4) is 0 Å². The Morgan fingerprint density at radius 2 is 2.00 bits per heavy atom. The number of nitrogens with zero attached hydrogens (tertiary/aromatic N) is 2. The van der Waals surface area contributed by atoms with Gasteiger partial charge < -0.3 is 19.0 Å². The summed E-state index contributed by atoms with van der Waals surface area (Å²) in [6.07, 6.45) is 4.36. The lowest BCUT2D eigenvalue weighted by atomic mass is 10.1. The molecule has 0 fully saturated rings. The van der Waals surface area contributed by atoms with E-state index in [2.05, 4.69) is 0 Å². The first kappa shape index (κ1) is 26.9. The number of halogens is 1. The number of fused-ring (bicyclic) bond motifs is 4. The van der Waals surface area contributed by atoms with Crippen LogP contribution in [0.5, 0.6) is 0 Å². The van der Waals surface area contributed by atoms with E-state index in [9.17, 15) is 27.3 Å². The van der Waals surface area contributed by atoms with Crippen LogP contribution in [0.2, 0.25) is 0 Å². The second-order valence-electron chi connectivity index (χ2n) is 9.09. The van der Waals surface area contributed by atoms with Crippen LogP contribution in [0.4, 0.5) is 10.1 Å². The number of carbonyl (C=O) groups is 1. The third kappa shape index (κ3) is 5.85. The Morgan fingerprint density at radius 1 is 1.21 bits per heavy atom. The number of anilines is 1. The van der Waals surface area contributed by atoms with Crippen LogP contribution in [0.1, 0.15) is 25.7 Å². The van der Waals surface area contributed by atoms with Crippen molar-refractivity contribution in [3.63, 3.8) is 0 Å². The van der Waals surface area contributed by atoms with E-state index in [4.69, 9.17) is 4.42 Å². The zero-order valence-corrected chi connectivity index (χ0v) is 22.6. The molecule has 11 heteroatoms. The Balaban J connectivity index is 1.60. The van der Waals surface area contributed by atoms with Crippen LogP contribution in [0, 0.1) is 5.82 Å². The molecule has 1 aliphatic rings. The monoisotopic (exact) mass is 568 g/mol. The number of carboxylic acids is 1. The molecule has 202 valence electrons. The summed E-state index contributed by atoms with van der Waals surface area (Å²) in [4.78, 5) is 13.9. The van der Waals surface area contributed by atoms with Gasteiger partial charge in [0.1, 0.15) is 12.4 Å². The Hall–Kier alpha value is -3.67. The predicted octanol–water partition coefficient (Wildman–Crippen LogP) is 5.28. The summed E-state index contributed by atoms with van der Waals surface area (Å²) in [5.41, 5.74) is 2.71. The second-order valence-corrected chi connectivity index (χ2v) is 11.7. The number of allylic oxidation sites excluding steroid dienone is 2. The quantitative estimate of drug-likeness (QED) is 0.214. The second kappa shape index (κ2) is 10.8. The van der Waals surface area contributed by atoms with E-state index >= 15 is 0 Å². The average Bonchev–Trinajstić information content (AvgIpc) is 3.40. The molecule has 0 bridgehead atoms. The van der Waals surface area contributed by atoms with E-state index in [0.29, 0.717) is 28.6 Å². The smallest absolute Gasteiger partial charge is 0.374 e. The van der Waals surface area contributed by atoms with E-state index in [1.165, 1.54) is 23.9 Å². The van der Waals surface area contributed by atoms with Crippen LogP contribution >= 0.6 is 11.8 Å². The van der Waals surface area contributed by atoms with Crippen molar-refractivity contribution in [2.75, 3.05) is 17.2 Å². The molecule has 0 amide bonds. The first-order chi connectivity index (χ1) is 18.6. The summed E-state index contributed by atoms with van der Waals surface area (Å²) in [5.74, 6) is -1.53. The number of rotatable bonds is 9. The fraction of sp³-hybridized carbons (Fsp3) is 0.214. The maximum Gasteiger partial charge on any atom is 0.374 e. The zero-order chi connectivity index (χ0) is 27.7. The summed E-state index contributed by atoms with van der Waals surface area (Å²) >= 11 is 1.35. The highest BCUT2D eigenvalue weighted by atomic mass is 32.2. The minimum absolute atomic E-state index is 0.112. The van der Waals surface area contributed by atoms with E-state index in [1.807, 2.05) is 60.0 Å². The van der Waals surface area contributed by atoms with Crippen LogP contribution < -0.4 is 9.47 Å². The van der Waals surface area contributed by atoms with Crippen LogP contribution in [0.3, 0.4) is 0 Å². The van der Waals surface area contributed by atoms with Gasteiger partial charge in [0.2, 0.25) is 5.58 Å². The number of aryl methyl sites for hydroxylation is 1. The molecular formula is C28H25FN2O6S2. The SMILES string of the molecule is CCC(/C=C1\Sc2ccc(F)cc2N1CC(=O)O)=C\c1oc2ccc3ccccc3c2[n+]1CCCS(=O)(=O)[O-]. The van der Waals surface area contributed by atoms with Gasteiger partial charge in [-0.25, -0.2) is 12.8 Å². The van der Waals surface area contributed by atoms with Crippen molar-refractivity contribution in [2.45, 2.75) is 31.2 Å². The normalized spacial score (nSPS) is 15.0. The average molecular weight is 569 g/mol. The minimum atomic E-state index is -4.38. The van der Waals surface area contributed by atoms with Gasteiger partial charge in [-0.15, -0.1) is 0 Å². The summed E-state index contributed by atoms with van der Waals surface area (Å²) < 4.78 is 55.9. The summed E-state index contributed by atoms with van der Waals surface area (Å²) in [6, 6.07) is 15.9. The van der Waals surface area contributed by atoms with Crippen molar-refractivity contribution >= 4 is 61.5 Å². The van der Waals surface area contributed by atoms with Crippen LogP contribution in [-0.4, -0.2) is 36.3 Å². The van der Waals surface area contributed by atoms with E-state index in [1.54, 1.807) is 11.0 Å². The van der Waals surface area contributed by atoms with E-state index < -0.39 is 27.7 Å². The minimum Gasteiger partial charge on any atom is -0.748 e. The molecule has 0 radical (unpaired) electrons. The van der Waals surface area contributed by atoms with Gasteiger partial charge in [-0.2, -0.15) is 4.57 Å². The molecule has 1 aliphatic heterocycles. The highest BCUT2D eigenvalue weighted by Gasteiger charge is 2.28. The molecule has 0 atom stereocenters. The molecule has 0 saturated carbocycles. The summed E-state index contributed by atoms with van der Waals surface area (Å²) in [5, 5.41) is 12.0. The van der Waals surface area contributed by atoms with Gasteiger partial charge in [0.05, 0.1) is 32.3 Å². The van der Waals surface area contributed by atoms with Gasteiger partial charge in [0.25, 0.3) is 5.52 Å². The molecule has 8 nitrogen and oxygen atoms in total. The molecule has 5 rings (SSSR count). The highest BCUT2D eigenvalue weighted by Crippen LogP contribution is 2.46. The van der Waals surface area contributed by atoms with Crippen LogP contribution in [-0.2, 0) is 21.5 Å². The van der Waals surface area contributed by atoms with Crippen molar-refractivity contribution in [2.24, 2.45) is 0 Å². The van der Waals surface area contributed by atoms with Crippen LogP contribution in [0.15, 0.2) is 80.6 Å². The molecule has 0 unspecified atom stereocenters. The summed E-state index contributed by atoms with van der Waals surface area (Å²) in [7, 11) is -4.38. The van der Waals surface area contributed by atoms with Gasteiger partial charge >= 0.3 is 11.9 Å². The van der Waals surface area contributed by atoms with E-state index in [0.717, 1.165) is 26.8 Å². The fourth-order valence-electron chi connectivity index (χ4n) is 4.65. The number of hydrogen-bond acceptors (Lipinski definition) is 7. The Bertz CT molecular complexity index is 1760. The van der Waals surface area contributed by atoms with Crippen molar-refractivity contribution in [3.05, 3.63) is 83.0 Å². The Kier molecular flexibility index (Phi) is 7.48. The maximum absolute atomic E-state index is 14.0. The number of carboxylic acid groups (broad SMARTS) is 1. The first-order valence-corrected chi connectivity index (χ1v) is 14.7. The molecule has 0 spiro atoms. The van der Waals surface area contributed by atoms with Crippen molar-refractivity contribution in [1.29, 1.82) is 0 Å². The van der Waals surface area contributed by atoms with Gasteiger partial charge in [-0.05, 0) is 53.8 Å². The number of thioether (sulfide) groups is 1. The number of aromatic nitrogens is 1. The Morgan fingerprint density at radius 3 is 2.74 bits per heavy atom. The third-order valence-electron chi connectivity index (χ3n) is 6.40. The molecule has 0 aliphatic carbocycles. The lowest BCUT2D eigenvalue weighted by Crippen LogP contribution is -2.36. The number of benzene rings is 3. The lowest BCUT2D eigenvalue weighted by Gasteiger charge is -2.18. The van der Waals surface area contributed by atoms with Gasteiger partial charge in [0, 0.05) is 17.1 Å². The molecule has 0 saturated heterocycles. The molecule has 1 N–H and O–H groups in total. The molecule has 1 aromatic heterocycles. The number of aliphatic carboxylic acids is 1. The van der Waals surface area contributed by atoms with Crippen molar-refractivity contribution in [1.82, 2.24) is 0 Å². The fourth-order valence-corrected chi connectivity index (χ4v) is 6.25. The Labute approximate surface area is 228 Å². The largest absolute Gasteiger partial charge is 0.748 e. The van der Waals surface area contributed by atoms with Gasteiger partial charge in [0.15, 0.2) is 6.54 Å². The molecule has 3 aromatic carbocycles. The topological polar surface area (TPSA) is 115 Å².